The highest BCUT2D eigenvalue weighted by atomic mass is 35.5. The van der Waals surface area contributed by atoms with E-state index in [1.54, 1.807) is 6.07 Å². The van der Waals surface area contributed by atoms with Crippen molar-refractivity contribution >= 4 is 23.2 Å². The molecule has 0 radical (unpaired) electrons. The van der Waals surface area contributed by atoms with Crippen LogP contribution in [-0.2, 0) is 9.53 Å². The Morgan fingerprint density at radius 1 is 1.32 bits per heavy atom. The summed E-state index contributed by atoms with van der Waals surface area (Å²) in [5.74, 6) is 0.498. The van der Waals surface area contributed by atoms with Gasteiger partial charge in [-0.3, -0.25) is 4.79 Å². The molecule has 19 heavy (non-hydrogen) atoms. The van der Waals surface area contributed by atoms with Crippen LogP contribution in [0.1, 0.15) is 0 Å². The first kappa shape index (κ1) is 15.6. The van der Waals surface area contributed by atoms with E-state index in [1.807, 2.05) is 0 Å². The zero-order valence-electron chi connectivity index (χ0n) is 11.0. The van der Waals surface area contributed by atoms with Crippen LogP contribution in [0, 0.1) is 0 Å². The number of benzene rings is 1. The van der Waals surface area contributed by atoms with Gasteiger partial charge in [0, 0.05) is 13.2 Å². The Kier molecular flexibility index (Phi) is 5.88. The summed E-state index contributed by atoms with van der Waals surface area (Å²) in [4.78, 5) is 11.8. The molecule has 0 aliphatic rings. The van der Waals surface area contributed by atoms with E-state index >= 15 is 0 Å². The number of amides is 1. The van der Waals surface area contributed by atoms with Crippen LogP contribution in [0.25, 0.3) is 0 Å². The predicted molar refractivity (Wildman–Crippen MR) is 73.0 cm³/mol. The highest BCUT2D eigenvalue weighted by Gasteiger charge is 2.17. The van der Waals surface area contributed by atoms with Crippen molar-refractivity contribution in [1.82, 2.24) is 0 Å². The lowest BCUT2D eigenvalue weighted by Gasteiger charge is -2.15. The quantitative estimate of drug-likeness (QED) is 0.824. The minimum Gasteiger partial charge on any atom is -0.495 e. The van der Waals surface area contributed by atoms with Gasteiger partial charge in [0.1, 0.15) is 17.5 Å². The van der Waals surface area contributed by atoms with E-state index in [0.29, 0.717) is 22.2 Å². The molecule has 1 unspecified atom stereocenters. The number of anilines is 1. The summed E-state index contributed by atoms with van der Waals surface area (Å²) >= 11 is 5.99. The fourth-order valence-corrected chi connectivity index (χ4v) is 1.68. The van der Waals surface area contributed by atoms with Crippen LogP contribution in [-0.4, -0.2) is 39.9 Å². The van der Waals surface area contributed by atoms with Gasteiger partial charge in [0.25, 0.3) is 0 Å². The van der Waals surface area contributed by atoms with Crippen LogP contribution in [0.2, 0.25) is 5.02 Å². The Morgan fingerprint density at radius 3 is 2.47 bits per heavy atom. The molecular weight excluding hydrogens is 272 g/mol. The van der Waals surface area contributed by atoms with Gasteiger partial charge in [-0.15, -0.1) is 0 Å². The Morgan fingerprint density at radius 2 is 1.95 bits per heavy atom. The van der Waals surface area contributed by atoms with Crippen molar-refractivity contribution in [3.05, 3.63) is 17.2 Å². The molecule has 1 aromatic carbocycles. The fourth-order valence-electron chi connectivity index (χ4n) is 1.44. The van der Waals surface area contributed by atoms with Crippen molar-refractivity contribution in [1.29, 1.82) is 0 Å². The van der Waals surface area contributed by atoms with Crippen LogP contribution in [0.15, 0.2) is 12.1 Å². The first-order valence-corrected chi connectivity index (χ1v) is 5.88. The summed E-state index contributed by atoms with van der Waals surface area (Å²) in [5.41, 5.74) is 6.05. The van der Waals surface area contributed by atoms with Crippen LogP contribution in [0.3, 0.4) is 0 Å². The standard InChI is InChI=1S/C12H17ClN2O4/c1-17-6-8(14)12(16)15-9-4-7(13)10(18-2)5-11(9)19-3/h4-5,8H,6,14H2,1-3H3,(H,15,16). The third kappa shape index (κ3) is 3.99. The molecule has 1 amide bonds. The summed E-state index contributed by atoms with van der Waals surface area (Å²) in [7, 11) is 4.44. The molecule has 0 aliphatic heterocycles. The van der Waals surface area contributed by atoms with Gasteiger partial charge in [0.2, 0.25) is 5.91 Å². The number of carbonyl (C=O) groups excluding carboxylic acids is 1. The van der Waals surface area contributed by atoms with E-state index in [-0.39, 0.29) is 12.5 Å². The van der Waals surface area contributed by atoms with Crippen LogP contribution >= 0.6 is 11.6 Å². The minimum atomic E-state index is -0.768. The van der Waals surface area contributed by atoms with Crippen LogP contribution in [0.4, 0.5) is 5.69 Å². The van der Waals surface area contributed by atoms with Gasteiger partial charge in [0.05, 0.1) is 31.5 Å². The lowest BCUT2D eigenvalue weighted by molar-refractivity contribution is -0.118. The van der Waals surface area contributed by atoms with Gasteiger partial charge in [-0.25, -0.2) is 0 Å². The number of nitrogens with one attached hydrogen (secondary N) is 1. The molecule has 6 nitrogen and oxygen atoms in total. The second-order valence-corrected chi connectivity index (χ2v) is 4.15. The number of carbonyl (C=O) groups is 1. The first-order valence-electron chi connectivity index (χ1n) is 5.50. The molecular formula is C12H17ClN2O4. The molecule has 1 atom stereocenters. The maximum absolute atomic E-state index is 11.8. The van der Waals surface area contributed by atoms with E-state index in [9.17, 15) is 4.79 Å². The van der Waals surface area contributed by atoms with Gasteiger partial charge < -0.3 is 25.3 Å². The second kappa shape index (κ2) is 7.18. The molecule has 0 spiro atoms. The van der Waals surface area contributed by atoms with Crippen LogP contribution in [0.5, 0.6) is 11.5 Å². The van der Waals surface area contributed by atoms with E-state index in [0.717, 1.165) is 0 Å². The molecule has 0 aromatic heterocycles. The summed E-state index contributed by atoms with van der Waals surface area (Å²) in [6, 6.07) is 2.35. The minimum absolute atomic E-state index is 0.123. The number of hydrogen-bond donors (Lipinski definition) is 2. The third-order valence-electron chi connectivity index (χ3n) is 2.41. The van der Waals surface area contributed by atoms with Gasteiger partial charge in [-0.1, -0.05) is 11.6 Å². The van der Waals surface area contributed by atoms with E-state index in [2.05, 4.69) is 5.32 Å². The van der Waals surface area contributed by atoms with E-state index in [4.69, 9.17) is 31.5 Å². The molecule has 0 bridgehead atoms. The zero-order chi connectivity index (χ0) is 14.4. The Bertz CT molecular complexity index is 454. The van der Waals surface area contributed by atoms with Gasteiger partial charge in [0.15, 0.2) is 0 Å². The predicted octanol–water partition coefficient (Wildman–Crippen LogP) is 1.27. The molecule has 1 aromatic rings. The lowest BCUT2D eigenvalue weighted by atomic mass is 10.2. The molecule has 0 saturated heterocycles. The third-order valence-corrected chi connectivity index (χ3v) is 2.71. The summed E-state index contributed by atoms with van der Waals surface area (Å²) in [6.45, 7) is 0.123. The molecule has 106 valence electrons. The smallest absolute Gasteiger partial charge is 0.243 e. The Balaban J connectivity index is 2.94. The van der Waals surface area contributed by atoms with Crippen molar-refractivity contribution in [2.24, 2.45) is 5.73 Å². The van der Waals surface area contributed by atoms with Crippen molar-refractivity contribution in [2.45, 2.75) is 6.04 Å². The highest BCUT2D eigenvalue weighted by Crippen LogP contribution is 2.35. The number of methoxy groups -OCH3 is 3. The van der Waals surface area contributed by atoms with E-state index in [1.165, 1.54) is 27.4 Å². The summed E-state index contributed by atoms with van der Waals surface area (Å²) < 4.78 is 15.0. The molecule has 7 heteroatoms. The molecule has 0 saturated carbocycles. The molecule has 0 aliphatic carbocycles. The maximum atomic E-state index is 11.8. The molecule has 1 rings (SSSR count). The maximum Gasteiger partial charge on any atom is 0.243 e. The lowest BCUT2D eigenvalue weighted by Crippen LogP contribution is -2.39. The average Bonchev–Trinajstić information content (AvgIpc) is 2.39. The number of nitrogens with two attached hydrogens (primary N) is 1. The summed E-state index contributed by atoms with van der Waals surface area (Å²) in [6.07, 6.45) is 0. The van der Waals surface area contributed by atoms with Gasteiger partial charge in [-0.05, 0) is 6.07 Å². The Hall–Kier alpha value is -1.50. The molecule has 0 heterocycles. The average molecular weight is 289 g/mol. The van der Waals surface area contributed by atoms with Gasteiger partial charge >= 0.3 is 0 Å². The van der Waals surface area contributed by atoms with Crippen molar-refractivity contribution in [3.63, 3.8) is 0 Å². The number of halogens is 1. The summed E-state index contributed by atoms with van der Waals surface area (Å²) in [5, 5.41) is 2.99. The van der Waals surface area contributed by atoms with E-state index < -0.39 is 6.04 Å². The van der Waals surface area contributed by atoms with Crippen molar-refractivity contribution in [2.75, 3.05) is 33.3 Å². The largest absolute Gasteiger partial charge is 0.495 e. The normalized spacial score (nSPS) is 11.8. The zero-order valence-corrected chi connectivity index (χ0v) is 11.8. The van der Waals surface area contributed by atoms with Crippen molar-refractivity contribution < 1.29 is 19.0 Å². The number of hydrogen-bond acceptors (Lipinski definition) is 5. The topological polar surface area (TPSA) is 82.8 Å². The number of rotatable bonds is 6. The molecule has 3 N–H and O–H groups in total. The van der Waals surface area contributed by atoms with Gasteiger partial charge in [-0.2, -0.15) is 0 Å². The SMILES string of the molecule is COCC(N)C(=O)Nc1cc(Cl)c(OC)cc1OC. The van der Waals surface area contributed by atoms with Crippen LogP contribution < -0.4 is 20.5 Å². The Labute approximate surface area is 116 Å². The fraction of sp³-hybridized carbons (Fsp3) is 0.417. The number of ether oxygens (including phenoxy) is 3. The van der Waals surface area contributed by atoms with Crippen molar-refractivity contribution in [3.8, 4) is 11.5 Å². The monoisotopic (exact) mass is 288 g/mol. The highest BCUT2D eigenvalue weighted by molar-refractivity contribution is 6.32. The second-order valence-electron chi connectivity index (χ2n) is 3.74. The first-order chi connectivity index (χ1) is 9.03. The molecule has 0 fully saturated rings.